The standard InChI is InChI=1S/C39H43NSi/c1-6-8-14-26-20-22-28-29-23-21-27(15-9-7-2)25-34(29)38(33(28)24-26)41(4,5)39-31-17-11-10-16-30(31)36-32-18-12-13-19-35(32)40(3)37(36)39/h10-13,16-25,38-39H,6-9,14-15H2,1-5H3. The molecule has 0 saturated heterocycles. The molecule has 41 heavy (non-hydrogen) atoms. The normalized spacial score (nSPS) is 15.7. The Morgan fingerprint density at radius 2 is 1.22 bits per heavy atom. The van der Waals surface area contributed by atoms with Crippen molar-refractivity contribution in [1.29, 1.82) is 0 Å². The molecule has 2 heteroatoms. The van der Waals surface area contributed by atoms with Crippen molar-refractivity contribution >= 4 is 19.0 Å². The number of aromatic nitrogens is 1. The quantitative estimate of drug-likeness (QED) is 0.168. The number of benzene rings is 4. The molecule has 5 aromatic rings. The summed E-state index contributed by atoms with van der Waals surface area (Å²) >= 11 is 0. The van der Waals surface area contributed by atoms with Gasteiger partial charge < -0.3 is 4.57 Å². The summed E-state index contributed by atoms with van der Waals surface area (Å²) in [5.41, 5.74) is 17.5. The van der Waals surface area contributed by atoms with Crippen LogP contribution in [0.15, 0.2) is 84.9 Å². The summed E-state index contributed by atoms with van der Waals surface area (Å²) in [5.74, 6) is 0. The average molecular weight is 554 g/mol. The Bertz CT molecular complexity index is 1710. The Morgan fingerprint density at radius 1 is 0.634 bits per heavy atom. The predicted octanol–water partition coefficient (Wildman–Crippen LogP) is 10.6. The number of aryl methyl sites for hydroxylation is 3. The van der Waals surface area contributed by atoms with Gasteiger partial charge in [0.15, 0.2) is 0 Å². The van der Waals surface area contributed by atoms with Gasteiger partial charge in [-0.1, -0.05) is 119 Å². The van der Waals surface area contributed by atoms with Gasteiger partial charge >= 0.3 is 0 Å². The van der Waals surface area contributed by atoms with Gasteiger partial charge in [-0.25, -0.2) is 0 Å². The van der Waals surface area contributed by atoms with Crippen molar-refractivity contribution in [3.8, 4) is 22.3 Å². The van der Waals surface area contributed by atoms with Crippen molar-refractivity contribution in [1.82, 2.24) is 4.57 Å². The second kappa shape index (κ2) is 10.2. The van der Waals surface area contributed by atoms with E-state index in [2.05, 4.69) is 123 Å². The predicted molar refractivity (Wildman–Crippen MR) is 179 cm³/mol. The topological polar surface area (TPSA) is 4.93 Å². The molecule has 1 nitrogen and oxygen atoms in total. The average Bonchev–Trinajstić information content (AvgIpc) is 3.61. The molecule has 4 aromatic carbocycles. The van der Waals surface area contributed by atoms with Gasteiger partial charge in [-0.15, -0.1) is 0 Å². The van der Waals surface area contributed by atoms with E-state index in [1.165, 1.54) is 82.8 Å². The van der Waals surface area contributed by atoms with Crippen LogP contribution in [0.4, 0.5) is 0 Å². The monoisotopic (exact) mass is 553 g/mol. The molecule has 2 aliphatic carbocycles. The Morgan fingerprint density at radius 3 is 1.85 bits per heavy atom. The van der Waals surface area contributed by atoms with Crippen LogP contribution in [0.25, 0.3) is 33.2 Å². The van der Waals surface area contributed by atoms with Crippen LogP contribution in [-0.4, -0.2) is 12.6 Å². The van der Waals surface area contributed by atoms with Crippen LogP contribution >= 0.6 is 0 Å². The van der Waals surface area contributed by atoms with Gasteiger partial charge in [0.2, 0.25) is 0 Å². The number of nitrogens with zero attached hydrogens (tertiary/aromatic N) is 1. The zero-order chi connectivity index (χ0) is 28.3. The van der Waals surface area contributed by atoms with Gasteiger partial charge in [0, 0.05) is 40.3 Å². The molecule has 0 saturated carbocycles. The zero-order valence-electron chi connectivity index (χ0n) is 25.4. The smallest absolute Gasteiger partial charge is 0.0750 e. The van der Waals surface area contributed by atoms with E-state index in [-0.39, 0.29) is 0 Å². The Hall–Kier alpha value is -3.36. The van der Waals surface area contributed by atoms with E-state index in [1.807, 2.05) is 0 Å². The van der Waals surface area contributed by atoms with E-state index in [4.69, 9.17) is 0 Å². The van der Waals surface area contributed by atoms with Crippen LogP contribution in [0.1, 0.15) is 84.1 Å². The summed E-state index contributed by atoms with van der Waals surface area (Å²) in [5, 5.41) is 1.40. The number of hydrogen-bond donors (Lipinski definition) is 0. The van der Waals surface area contributed by atoms with Crippen molar-refractivity contribution in [2.75, 3.05) is 0 Å². The van der Waals surface area contributed by atoms with Gasteiger partial charge in [0.1, 0.15) is 0 Å². The van der Waals surface area contributed by atoms with E-state index in [0.717, 1.165) is 0 Å². The number of para-hydroxylation sites is 1. The number of hydrogen-bond acceptors (Lipinski definition) is 0. The Kier molecular flexibility index (Phi) is 6.58. The summed E-state index contributed by atoms with van der Waals surface area (Å²) in [7, 11) is 0.247. The third-order valence-electron chi connectivity index (χ3n) is 10.2. The molecule has 1 atom stereocenters. The summed E-state index contributed by atoms with van der Waals surface area (Å²) in [4.78, 5) is 0. The minimum absolute atomic E-state index is 0.438. The highest BCUT2D eigenvalue weighted by molar-refractivity contribution is 6.82. The molecule has 0 bridgehead atoms. The molecule has 7 rings (SSSR count). The lowest BCUT2D eigenvalue weighted by Gasteiger charge is -2.38. The van der Waals surface area contributed by atoms with Gasteiger partial charge in [-0.05, 0) is 76.3 Å². The molecule has 0 aliphatic heterocycles. The highest BCUT2D eigenvalue weighted by Gasteiger charge is 2.51. The number of fused-ring (bicyclic) bond motifs is 8. The van der Waals surface area contributed by atoms with Crippen LogP contribution in [0.2, 0.25) is 13.1 Å². The lowest BCUT2D eigenvalue weighted by Crippen LogP contribution is -2.42. The van der Waals surface area contributed by atoms with E-state index in [9.17, 15) is 0 Å². The molecule has 1 aromatic heterocycles. The van der Waals surface area contributed by atoms with Gasteiger partial charge in [0.25, 0.3) is 0 Å². The Labute approximate surface area is 247 Å². The van der Waals surface area contributed by atoms with Crippen molar-refractivity contribution in [3.05, 3.63) is 118 Å². The van der Waals surface area contributed by atoms with Crippen LogP contribution in [-0.2, 0) is 19.9 Å². The summed E-state index contributed by atoms with van der Waals surface area (Å²) in [6.07, 6.45) is 7.35. The first-order chi connectivity index (χ1) is 20.0. The first-order valence-corrected chi connectivity index (χ1v) is 19.0. The Balaban J connectivity index is 1.45. The molecule has 1 unspecified atom stereocenters. The molecule has 0 amide bonds. The highest BCUT2D eigenvalue weighted by atomic mass is 28.3. The molecule has 208 valence electrons. The minimum Gasteiger partial charge on any atom is -0.347 e. The maximum absolute atomic E-state index is 2.70. The summed E-state index contributed by atoms with van der Waals surface area (Å²) < 4.78 is 2.54. The third-order valence-corrected chi connectivity index (χ3v) is 14.4. The maximum Gasteiger partial charge on any atom is 0.0750 e. The van der Waals surface area contributed by atoms with Crippen molar-refractivity contribution in [2.24, 2.45) is 7.05 Å². The van der Waals surface area contributed by atoms with Crippen LogP contribution in [0.3, 0.4) is 0 Å². The molecule has 0 N–H and O–H groups in total. The minimum atomic E-state index is -2.07. The van der Waals surface area contributed by atoms with Gasteiger partial charge in [-0.3, -0.25) is 0 Å². The highest BCUT2D eigenvalue weighted by Crippen LogP contribution is 2.59. The molecule has 0 fully saturated rings. The van der Waals surface area contributed by atoms with Crippen molar-refractivity contribution in [2.45, 2.75) is 76.5 Å². The fourth-order valence-electron chi connectivity index (χ4n) is 8.31. The number of unbranched alkanes of at least 4 members (excludes halogenated alkanes) is 2. The maximum atomic E-state index is 2.70. The van der Waals surface area contributed by atoms with Crippen molar-refractivity contribution in [3.63, 3.8) is 0 Å². The molecular formula is C39H43NSi. The van der Waals surface area contributed by atoms with E-state index < -0.39 is 8.07 Å². The molecular weight excluding hydrogens is 511 g/mol. The second-order valence-corrected chi connectivity index (χ2v) is 18.0. The summed E-state index contributed by atoms with van der Waals surface area (Å²) in [6.45, 7) is 10.0. The lowest BCUT2D eigenvalue weighted by molar-refractivity contribution is 0.792. The van der Waals surface area contributed by atoms with Crippen LogP contribution in [0.5, 0.6) is 0 Å². The number of rotatable bonds is 8. The van der Waals surface area contributed by atoms with E-state index in [1.54, 1.807) is 22.4 Å². The van der Waals surface area contributed by atoms with E-state index >= 15 is 0 Å². The second-order valence-electron chi connectivity index (χ2n) is 13.2. The first kappa shape index (κ1) is 26.5. The first-order valence-electron chi connectivity index (χ1n) is 15.9. The van der Waals surface area contributed by atoms with Crippen LogP contribution in [0, 0.1) is 0 Å². The fourth-order valence-corrected chi connectivity index (χ4v) is 12.8. The van der Waals surface area contributed by atoms with Gasteiger partial charge in [0.05, 0.1) is 8.07 Å². The lowest BCUT2D eigenvalue weighted by atomic mass is 9.99. The van der Waals surface area contributed by atoms with Gasteiger partial charge in [-0.2, -0.15) is 0 Å². The molecule has 1 heterocycles. The SMILES string of the molecule is CCCCc1ccc2c(c1)C([Si](C)(C)C1c3ccccc3-c3c1n(C)c1ccccc31)c1cc(CCCC)ccc1-2. The van der Waals surface area contributed by atoms with Crippen LogP contribution < -0.4 is 0 Å². The third kappa shape index (κ3) is 4.01. The molecule has 0 spiro atoms. The largest absolute Gasteiger partial charge is 0.347 e. The molecule has 2 aliphatic rings. The fraction of sp³-hybridized carbons (Fsp3) is 0.333. The zero-order valence-corrected chi connectivity index (χ0v) is 26.4. The molecule has 0 radical (unpaired) electrons. The van der Waals surface area contributed by atoms with Crippen molar-refractivity contribution < 1.29 is 0 Å². The summed E-state index contributed by atoms with van der Waals surface area (Å²) in [6, 6.07) is 33.3. The van der Waals surface area contributed by atoms with E-state index in [0.29, 0.717) is 11.1 Å².